The van der Waals surface area contributed by atoms with Crippen LogP contribution in [0.25, 0.3) is 0 Å². The second-order valence-corrected chi connectivity index (χ2v) is 3.78. The van der Waals surface area contributed by atoms with Gasteiger partial charge in [0.15, 0.2) is 0 Å². The molecule has 1 aromatic heterocycles. The molecule has 18 heavy (non-hydrogen) atoms. The van der Waals surface area contributed by atoms with Crippen molar-refractivity contribution in [2.45, 2.75) is 0 Å². The van der Waals surface area contributed by atoms with Crippen LogP contribution < -0.4 is 11.1 Å². The molecule has 7 heteroatoms. The Labute approximate surface area is 107 Å². The van der Waals surface area contributed by atoms with E-state index in [2.05, 4.69) is 15.3 Å². The molecule has 1 heterocycles. The Morgan fingerprint density at radius 1 is 1.44 bits per heavy atom. The largest absolute Gasteiger partial charge is 0.398 e. The first-order valence-electron chi connectivity index (χ1n) is 4.95. The average Bonchev–Trinajstić information content (AvgIpc) is 2.33. The Balaban J connectivity index is 2.37. The molecule has 0 fully saturated rings. The highest BCUT2D eigenvalue weighted by Gasteiger charge is 2.08. The van der Waals surface area contributed by atoms with Crippen LogP contribution >= 0.6 is 11.6 Å². The van der Waals surface area contributed by atoms with Crippen molar-refractivity contribution in [2.24, 2.45) is 0 Å². The smallest absolute Gasteiger partial charge is 0.224 e. The highest BCUT2D eigenvalue weighted by atomic mass is 35.5. The van der Waals surface area contributed by atoms with Crippen LogP contribution in [0.4, 0.5) is 21.6 Å². The Kier molecular flexibility index (Phi) is 3.38. The van der Waals surface area contributed by atoms with Gasteiger partial charge in [-0.1, -0.05) is 0 Å². The van der Waals surface area contributed by atoms with E-state index in [4.69, 9.17) is 22.7 Å². The monoisotopic (exact) mass is 265 g/mol. The zero-order valence-electron chi connectivity index (χ0n) is 9.11. The van der Waals surface area contributed by atoms with Gasteiger partial charge in [-0.3, -0.25) is 0 Å². The number of nitrogens with one attached hydrogen (secondary N) is 2. The van der Waals surface area contributed by atoms with Crippen molar-refractivity contribution < 1.29 is 4.39 Å². The third-order valence-electron chi connectivity index (χ3n) is 2.22. The van der Waals surface area contributed by atoms with Crippen molar-refractivity contribution in [1.29, 1.82) is 5.41 Å². The molecule has 0 saturated heterocycles. The van der Waals surface area contributed by atoms with Gasteiger partial charge in [0.1, 0.15) is 11.6 Å². The van der Waals surface area contributed by atoms with E-state index in [-0.39, 0.29) is 16.7 Å². The third kappa shape index (κ3) is 2.54. The molecule has 4 N–H and O–H groups in total. The first-order chi connectivity index (χ1) is 8.60. The van der Waals surface area contributed by atoms with Crippen LogP contribution in [0, 0.1) is 11.2 Å². The SMILES string of the molecule is N=Cc1cc(Nc2ccnc(Cl)n2)c(F)cc1N. The number of halogens is 2. The first-order valence-corrected chi connectivity index (χ1v) is 5.33. The molecule has 0 radical (unpaired) electrons. The fourth-order valence-electron chi connectivity index (χ4n) is 1.37. The highest BCUT2D eigenvalue weighted by Crippen LogP contribution is 2.23. The van der Waals surface area contributed by atoms with Crippen LogP contribution in [0.3, 0.4) is 0 Å². The van der Waals surface area contributed by atoms with Gasteiger partial charge in [-0.25, -0.2) is 14.4 Å². The van der Waals surface area contributed by atoms with Crippen LogP contribution in [0.1, 0.15) is 5.56 Å². The minimum absolute atomic E-state index is 0.0585. The van der Waals surface area contributed by atoms with Crippen molar-refractivity contribution in [3.63, 3.8) is 0 Å². The second-order valence-electron chi connectivity index (χ2n) is 3.44. The molecule has 0 bridgehead atoms. The summed E-state index contributed by atoms with van der Waals surface area (Å²) in [5, 5.41) is 9.97. The summed E-state index contributed by atoms with van der Waals surface area (Å²) in [5.41, 5.74) is 6.34. The summed E-state index contributed by atoms with van der Waals surface area (Å²) in [7, 11) is 0. The molecule has 0 spiro atoms. The molecule has 92 valence electrons. The minimum Gasteiger partial charge on any atom is -0.398 e. The van der Waals surface area contributed by atoms with Gasteiger partial charge in [0.05, 0.1) is 5.69 Å². The zero-order chi connectivity index (χ0) is 13.1. The van der Waals surface area contributed by atoms with Crippen LogP contribution in [-0.4, -0.2) is 16.2 Å². The van der Waals surface area contributed by atoms with Gasteiger partial charge >= 0.3 is 0 Å². The second kappa shape index (κ2) is 4.97. The van der Waals surface area contributed by atoms with E-state index in [1.807, 2.05) is 0 Å². The lowest BCUT2D eigenvalue weighted by atomic mass is 10.1. The number of hydrogen-bond acceptors (Lipinski definition) is 5. The van der Waals surface area contributed by atoms with E-state index in [0.717, 1.165) is 12.3 Å². The van der Waals surface area contributed by atoms with Crippen LogP contribution in [0.2, 0.25) is 5.28 Å². The summed E-state index contributed by atoms with van der Waals surface area (Å²) in [4.78, 5) is 7.59. The van der Waals surface area contributed by atoms with Crippen LogP contribution in [0.15, 0.2) is 24.4 Å². The van der Waals surface area contributed by atoms with E-state index in [9.17, 15) is 4.39 Å². The number of rotatable bonds is 3. The van der Waals surface area contributed by atoms with Crippen molar-refractivity contribution in [1.82, 2.24) is 9.97 Å². The maximum Gasteiger partial charge on any atom is 0.224 e. The van der Waals surface area contributed by atoms with E-state index in [0.29, 0.717) is 11.4 Å². The fourth-order valence-corrected chi connectivity index (χ4v) is 1.52. The van der Waals surface area contributed by atoms with Gasteiger partial charge in [-0.2, -0.15) is 0 Å². The fraction of sp³-hybridized carbons (Fsp3) is 0. The quantitative estimate of drug-likeness (QED) is 0.452. The molecular weight excluding hydrogens is 257 g/mol. The molecule has 0 aliphatic heterocycles. The predicted octanol–water partition coefficient (Wildman–Crippen LogP) is 2.59. The molecule has 0 aliphatic carbocycles. The molecule has 0 aliphatic rings. The molecule has 2 rings (SSSR count). The number of nitrogens with two attached hydrogens (primary N) is 1. The summed E-state index contributed by atoms with van der Waals surface area (Å²) in [5.74, 6) is -0.178. The first kappa shape index (κ1) is 12.3. The van der Waals surface area contributed by atoms with Crippen molar-refractivity contribution in [3.8, 4) is 0 Å². The van der Waals surface area contributed by atoms with Gasteiger partial charge in [0.2, 0.25) is 5.28 Å². The van der Waals surface area contributed by atoms with E-state index >= 15 is 0 Å². The molecular formula is C11H9ClFN5. The van der Waals surface area contributed by atoms with Crippen molar-refractivity contribution >= 4 is 35.0 Å². The van der Waals surface area contributed by atoms with Gasteiger partial charge in [0.25, 0.3) is 0 Å². The van der Waals surface area contributed by atoms with E-state index in [1.54, 1.807) is 6.07 Å². The molecule has 0 amide bonds. The number of aromatic nitrogens is 2. The van der Waals surface area contributed by atoms with E-state index in [1.165, 1.54) is 12.3 Å². The highest BCUT2D eigenvalue weighted by molar-refractivity contribution is 6.28. The molecule has 2 aromatic rings. The van der Waals surface area contributed by atoms with Gasteiger partial charge in [-0.15, -0.1) is 0 Å². The summed E-state index contributed by atoms with van der Waals surface area (Å²) in [6, 6.07) is 4.12. The lowest BCUT2D eigenvalue weighted by molar-refractivity contribution is 0.632. The average molecular weight is 266 g/mol. The van der Waals surface area contributed by atoms with Gasteiger partial charge in [0, 0.05) is 23.7 Å². The number of nitrogens with zero attached hydrogens (tertiary/aromatic N) is 2. The molecule has 1 aromatic carbocycles. The van der Waals surface area contributed by atoms with Crippen molar-refractivity contribution in [3.05, 3.63) is 41.1 Å². The lowest BCUT2D eigenvalue weighted by Gasteiger charge is -2.09. The maximum absolute atomic E-state index is 13.7. The molecule has 5 nitrogen and oxygen atoms in total. The summed E-state index contributed by atoms with van der Waals surface area (Å²) in [6.45, 7) is 0. The topological polar surface area (TPSA) is 87.7 Å². The Morgan fingerprint density at radius 3 is 2.89 bits per heavy atom. The number of anilines is 3. The van der Waals surface area contributed by atoms with Gasteiger partial charge < -0.3 is 16.5 Å². The number of benzene rings is 1. The molecule has 0 unspecified atom stereocenters. The van der Waals surface area contributed by atoms with E-state index < -0.39 is 5.82 Å². The summed E-state index contributed by atoms with van der Waals surface area (Å²) in [6.07, 6.45) is 2.50. The number of nitrogen functional groups attached to an aromatic ring is 1. The normalized spacial score (nSPS) is 10.1. The van der Waals surface area contributed by atoms with Crippen molar-refractivity contribution in [2.75, 3.05) is 11.1 Å². The molecule has 0 saturated carbocycles. The summed E-state index contributed by atoms with van der Waals surface area (Å²) < 4.78 is 13.7. The summed E-state index contributed by atoms with van der Waals surface area (Å²) >= 11 is 5.62. The third-order valence-corrected chi connectivity index (χ3v) is 2.40. The Morgan fingerprint density at radius 2 is 2.22 bits per heavy atom. The lowest BCUT2D eigenvalue weighted by Crippen LogP contribution is -2.01. The predicted molar refractivity (Wildman–Crippen MR) is 69.0 cm³/mol. The molecule has 0 atom stereocenters. The standard InChI is InChI=1S/C11H9ClFN5/c12-11-16-2-1-10(18-11)17-9-3-6(5-14)8(15)4-7(9)13/h1-5,14H,15H2,(H,16,17,18). The van der Waals surface area contributed by atoms with Crippen LogP contribution in [0.5, 0.6) is 0 Å². The number of hydrogen-bond donors (Lipinski definition) is 3. The van der Waals surface area contributed by atoms with Crippen LogP contribution in [-0.2, 0) is 0 Å². The van der Waals surface area contributed by atoms with Gasteiger partial charge in [-0.05, 0) is 29.8 Å². The Bertz CT molecular complexity index is 602. The minimum atomic E-state index is -0.534. The maximum atomic E-state index is 13.7. The zero-order valence-corrected chi connectivity index (χ0v) is 9.87. The Hall–Kier alpha value is -2.21.